The third-order valence-corrected chi connectivity index (χ3v) is 15.3. The zero-order valence-electron chi connectivity index (χ0n) is 51.2. The summed E-state index contributed by atoms with van der Waals surface area (Å²) < 4.78 is 34.2. The number of rotatable bonds is 60. The minimum Gasteiger partial charge on any atom is -0.756 e. The molecule has 0 saturated carbocycles. The fourth-order valence-electron chi connectivity index (χ4n) is 9.33. The lowest BCUT2D eigenvalue weighted by atomic mass is 10.0. The van der Waals surface area contributed by atoms with Crippen LogP contribution in [0.1, 0.15) is 303 Å². The Hall–Kier alpha value is -2.29. The van der Waals surface area contributed by atoms with Gasteiger partial charge in [0.1, 0.15) is 19.8 Å². The average molecular weight is 1100 g/mol. The fraction of sp³-hybridized carbons (Fsp3) is 0.821. The molecule has 9 nitrogen and oxygen atoms in total. The highest BCUT2D eigenvalue weighted by molar-refractivity contribution is 7.45. The SMILES string of the molecule is CC/C=C\C/C=C\C/C=C\C/C=C\C/C=C\CCCCCCCCCCCCCCCCCCCCCCCC(=O)OC(COC(=O)CCCCCCCCCCCCCCCCCC)COP(=O)([O-])OCC[N+](C)(C)C. The van der Waals surface area contributed by atoms with E-state index in [1.54, 1.807) is 0 Å². The highest BCUT2D eigenvalue weighted by Crippen LogP contribution is 2.38. The molecule has 10 heteroatoms. The average Bonchev–Trinajstić information content (AvgIpc) is 3.39. The molecule has 77 heavy (non-hydrogen) atoms. The van der Waals surface area contributed by atoms with Crippen molar-refractivity contribution in [2.45, 2.75) is 309 Å². The van der Waals surface area contributed by atoms with Crippen LogP contribution in [0.4, 0.5) is 0 Å². The van der Waals surface area contributed by atoms with Gasteiger partial charge in [0.15, 0.2) is 6.10 Å². The first kappa shape index (κ1) is 74.7. The predicted octanol–water partition coefficient (Wildman–Crippen LogP) is 20.0. The number of esters is 2. The van der Waals surface area contributed by atoms with Crippen LogP contribution in [-0.2, 0) is 32.7 Å². The summed E-state index contributed by atoms with van der Waals surface area (Å²) >= 11 is 0. The number of quaternary nitrogens is 1. The number of hydrogen-bond acceptors (Lipinski definition) is 8. The smallest absolute Gasteiger partial charge is 0.306 e. The Balaban J connectivity index is 3.95. The molecule has 2 unspecified atom stereocenters. The van der Waals surface area contributed by atoms with Gasteiger partial charge in [0.05, 0.1) is 27.7 Å². The molecule has 0 aliphatic carbocycles. The lowest BCUT2D eigenvalue weighted by Crippen LogP contribution is -2.37. The van der Waals surface area contributed by atoms with Crippen molar-refractivity contribution >= 4 is 19.8 Å². The predicted molar refractivity (Wildman–Crippen MR) is 328 cm³/mol. The maximum absolute atomic E-state index is 12.8. The number of carbonyl (C=O) groups excluding carboxylic acids is 2. The molecule has 2 atom stereocenters. The van der Waals surface area contributed by atoms with Crippen molar-refractivity contribution in [1.82, 2.24) is 0 Å². The molecule has 0 aromatic heterocycles. The molecule has 0 spiro atoms. The van der Waals surface area contributed by atoms with Gasteiger partial charge in [-0.2, -0.15) is 0 Å². The monoisotopic (exact) mass is 1100 g/mol. The summed E-state index contributed by atoms with van der Waals surface area (Å²) in [6.45, 7) is 4.17. The second-order valence-corrected chi connectivity index (χ2v) is 24.5. The van der Waals surface area contributed by atoms with Crippen LogP contribution in [0.2, 0.25) is 0 Å². The van der Waals surface area contributed by atoms with Gasteiger partial charge < -0.3 is 27.9 Å². The molecule has 0 radical (unpaired) electrons. The second kappa shape index (κ2) is 58.4. The van der Waals surface area contributed by atoms with Crippen LogP contribution in [0.25, 0.3) is 0 Å². The third-order valence-electron chi connectivity index (χ3n) is 14.3. The minimum absolute atomic E-state index is 0.0285. The van der Waals surface area contributed by atoms with E-state index in [1.807, 2.05) is 21.1 Å². The number of phosphoric ester groups is 1. The normalized spacial score (nSPS) is 13.6. The van der Waals surface area contributed by atoms with E-state index in [4.69, 9.17) is 18.5 Å². The number of likely N-dealkylation sites (N-methyl/N-ethyl adjacent to an activating group) is 1. The Morgan fingerprint density at radius 1 is 0.416 bits per heavy atom. The van der Waals surface area contributed by atoms with E-state index in [9.17, 15) is 19.0 Å². The van der Waals surface area contributed by atoms with Crippen LogP contribution in [0.3, 0.4) is 0 Å². The van der Waals surface area contributed by atoms with E-state index < -0.39 is 26.5 Å². The van der Waals surface area contributed by atoms with Crippen LogP contribution in [0.15, 0.2) is 60.8 Å². The number of phosphoric acid groups is 1. The summed E-state index contributed by atoms with van der Waals surface area (Å²) in [5.74, 6) is -0.816. The standard InChI is InChI=1S/C67H124NO8P/c1-6-8-10-12-14-16-18-20-22-24-25-26-27-28-29-30-31-32-33-34-35-36-37-38-39-40-41-42-43-44-46-48-50-52-54-56-58-60-67(70)76-65(64-75-77(71,72)74-62-61-68(3,4)5)63-73-66(69)59-57-55-53-51-49-47-45-23-21-19-17-15-13-11-9-7-2/h8,10,14,16,20,22,25-26,28-29,65H,6-7,9,11-13,15,17-19,21,23-24,27,30-64H2,1-5H3/b10-8-,16-14-,22-20-,26-25-,29-28-. The van der Waals surface area contributed by atoms with E-state index in [1.165, 1.54) is 205 Å². The molecule has 0 aromatic carbocycles. The summed E-state index contributed by atoms with van der Waals surface area (Å²) in [6.07, 6.45) is 75.8. The lowest BCUT2D eigenvalue weighted by Gasteiger charge is -2.28. The molecule has 0 rings (SSSR count). The highest BCUT2D eigenvalue weighted by Gasteiger charge is 2.22. The molecule has 450 valence electrons. The van der Waals surface area contributed by atoms with Gasteiger partial charge in [-0.1, -0.05) is 293 Å². The highest BCUT2D eigenvalue weighted by atomic mass is 31.2. The van der Waals surface area contributed by atoms with Crippen LogP contribution in [0, 0.1) is 0 Å². The van der Waals surface area contributed by atoms with Crippen LogP contribution in [0.5, 0.6) is 0 Å². The Bertz CT molecular complexity index is 1480. The zero-order chi connectivity index (χ0) is 56.3. The minimum atomic E-state index is -4.63. The van der Waals surface area contributed by atoms with Gasteiger partial charge in [0, 0.05) is 12.8 Å². The summed E-state index contributed by atoms with van der Waals surface area (Å²) in [7, 11) is 1.18. The van der Waals surface area contributed by atoms with E-state index >= 15 is 0 Å². The van der Waals surface area contributed by atoms with Crippen LogP contribution in [-0.4, -0.2) is 70.0 Å². The zero-order valence-corrected chi connectivity index (χ0v) is 52.1. The van der Waals surface area contributed by atoms with Crippen molar-refractivity contribution in [3.05, 3.63) is 60.8 Å². The van der Waals surface area contributed by atoms with Crippen molar-refractivity contribution in [1.29, 1.82) is 0 Å². The molecule has 0 amide bonds. The molecular weight excluding hydrogens is 978 g/mol. The summed E-state index contributed by atoms with van der Waals surface area (Å²) in [4.78, 5) is 37.9. The fourth-order valence-corrected chi connectivity index (χ4v) is 10.1. The Kier molecular flexibility index (Phi) is 56.6. The second-order valence-electron chi connectivity index (χ2n) is 23.1. The van der Waals surface area contributed by atoms with Crippen molar-refractivity contribution in [2.24, 2.45) is 0 Å². The maximum Gasteiger partial charge on any atom is 0.306 e. The third kappa shape index (κ3) is 62.8. The van der Waals surface area contributed by atoms with E-state index in [0.29, 0.717) is 17.4 Å². The molecule has 0 aliphatic rings. The van der Waals surface area contributed by atoms with E-state index in [-0.39, 0.29) is 32.0 Å². The van der Waals surface area contributed by atoms with Crippen molar-refractivity contribution in [2.75, 3.05) is 47.5 Å². The molecule has 0 fully saturated rings. The quantitative estimate of drug-likeness (QED) is 0.0195. The topological polar surface area (TPSA) is 111 Å². The Morgan fingerprint density at radius 2 is 0.740 bits per heavy atom. The van der Waals surface area contributed by atoms with Crippen LogP contribution >= 0.6 is 7.82 Å². The van der Waals surface area contributed by atoms with E-state index in [0.717, 1.165) is 64.2 Å². The van der Waals surface area contributed by atoms with Gasteiger partial charge in [-0.3, -0.25) is 14.2 Å². The molecule has 0 aliphatic heterocycles. The molecule has 0 heterocycles. The van der Waals surface area contributed by atoms with Crippen molar-refractivity contribution < 1.29 is 42.1 Å². The number of nitrogens with zero attached hydrogens (tertiary/aromatic N) is 1. The van der Waals surface area contributed by atoms with Crippen molar-refractivity contribution in [3.8, 4) is 0 Å². The molecular formula is C67H124NO8P. The molecule has 0 N–H and O–H groups in total. The van der Waals surface area contributed by atoms with Gasteiger partial charge in [-0.15, -0.1) is 0 Å². The van der Waals surface area contributed by atoms with Crippen molar-refractivity contribution in [3.63, 3.8) is 0 Å². The van der Waals surface area contributed by atoms with Gasteiger partial charge in [0.25, 0.3) is 7.82 Å². The van der Waals surface area contributed by atoms with Gasteiger partial charge in [0.2, 0.25) is 0 Å². The molecule has 0 saturated heterocycles. The summed E-state index contributed by atoms with van der Waals surface area (Å²) in [6, 6.07) is 0. The first-order valence-corrected chi connectivity index (χ1v) is 34.0. The number of hydrogen-bond donors (Lipinski definition) is 0. The summed E-state index contributed by atoms with van der Waals surface area (Å²) in [5.41, 5.74) is 0. The number of unbranched alkanes of at least 4 members (excludes halogenated alkanes) is 36. The molecule has 0 bridgehead atoms. The Morgan fingerprint density at radius 3 is 1.10 bits per heavy atom. The largest absolute Gasteiger partial charge is 0.756 e. The number of carbonyl (C=O) groups is 2. The van der Waals surface area contributed by atoms with E-state index in [2.05, 4.69) is 74.6 Å². The summed E-state index contributed by atoms with van der Waals surface area (Å²) in [5, 5.41) is 0. The number of ether oxygens (including phenoxy) is 2. The van der Waals surface area contributed by atoms with Crippen LogP contribution < -0.4 is 4.89 Å². The first-order chi connectivity index (χ1) is 37.5. The van der Waals surface area contributed by atoms with Gasteiger partial charge >= 0.3 is 11.9 Å². The lowest BCUT2D eigenvalue weighted by molar-refractivity contribution is -0.870. The van der Waals surface area contributed by atoms with Gasteiger partial charge in [-0.05, 0) is 57.8 Å². The number of allylic oxidation sites excluding steroid dienone is 10. The molecule has 0 aromatic rings. The maximum atomic E-state index is 12.8. The van der Waals surface area contributed by atoms with Gasteiger partial charge in [-0.25, -0.2) is 0 Å². The Labute approximate surface area is 476 Å². The first-order valence-electron chi connectivity index (χ1n) is 32.5.